The molecule has 1 aliphatic carbocycles. The van der Waals surface area contributed by atoms with Crippen LogP contribution in [0.25, 0.3) is 0 Å². The first-order valence-corrected chi connectivity index (χ1v) is 6.55. The van der Waals surface area contributed by atoms with Crippen molar-refractivity contribution in [3.63, 3.8) is 0 Å². The van der Waals surface area contributed by atoms with Gasteiger partial charge in [0, 0.05) is 17.6 Å². The van der Waals surface area contributed by atoms with Crippen LogP contribution in [-0.4, -0.2) is 6.04 Å². The normalized spacial score (nSPS) is 28.6. The summed E-state index contributed by atoms with van der Waals surface area (Å²) in [5, 5.41) is 3.75. The molecule has 1 saturated carbocycles. The number of rotatable bonds is 3. The Hall–Kier alpha value is -0.760. The number of hydrogen-bond donors (Lipinski definition) is 1. The summed E-state index contributed by atoms with van der Waals surface area (Å²) >= 11 is 0. The van der Waals surface area contributed by atoms with E-state index < -0.39 is 0 Å². The topological polar surface area (TPSA) is 25.2 Å². The smallest absolute Gasteiger partial charge is 0.0950 e. The molecule has 2 heteroatoms. The van der Waals surface area contributed by atoms with Gasteiger partial charge in [-0.25, -0.2) is 0 Å². The van der Waals surface area contributed by atoms with Crippen molar-refractivity contribution in [2.75, 3.05) is 0 Å². The highest BCUT2D eigenvalue weighted by atomic mass is 16.3. The molecule has 16 heavy (non-hydrogen) atoms. The van der Waals surface area contributed by atoms with Crippen molar-refractivity contribution in [2.45, 2.75) is 58.0 Å². The maximum Gasteiger partial charge on any atom is 0.0950 e. The molecule has 2 rings (SSSR count). The minimum Gasteiger partial charge on any atom is -0.472 e. The number of hydrogen-bond acceptors (Lipinski definition) is 2. The van der Waals surface area contributed by atoms with Gasteiger partial charge in [-0.1, -0.05) is 26.2 Å². The van der Waals surface area contributed by atoms with Crippen LogP contribution < -0.4 is 5.32 Å². The Morgan fingerprint density at radius 3 is 2.88 bits per heavy atom. The lowest BCUT2D eigenvalue weighted by Gasteiger charge is -2.26. The van der Waals surface area contributed by atoms with E-state index in [9.17, 15) is 0 Å². The molecule has 0 spiro atoms. The van der Waals surface area contributed by atoms with Gasteiger partial charge in [0.1, 0.15) is 0 Å². The van der Waals surface area contributed by atoms with Crippen LogP contribution in [0.3, 0.4) is 0 Å². The minimum absolute atomic E-state index is 0.407. The molecule has 1 fully saturated rings. The largest absolute Gasteiger partial charge is 0.472 e. The quantitative estimate of drug-likeness (QED) is 0.783. The second-order valence-electron chi connectivity index (χ2n) is 5.17. The Kier molecular flexibility index (Phi) is 4.05. The summed E-state index contributed by atoms with van der Waals surface area (Å²) in [6.07, 6.45) is 10.5. The van der Waals surface area contributed by atoms with Crippen LogP contribution in [0, 0.1) is 5.92 Å². The molecule has 1 N–H and O–H groups in total. The maximum absolute atomic E-state index is 5.14. The molecule has 0 bridgehead atoms. The molecule has 1 aliphatic rings. The van der Waals surface area contributed by atoms with Gasteiger partial charge < -0.3 is 9.73 Å². The second kappa shape index (κ2) is 5.53. The highest BCUT2D eigenvalue weighted by Gasteiger charge is 2.21. The van der Waals surface area contributed by atoms with E-state index in [0.29, 0.717) is 12.1 Å². The fourth-order valence-corrected chi connectivity index (χ4v) is 2.68. The van der Waals surface area contributed by atoms with Crippen LogP contribution in [-0.2, 0) is 0 Å². The van der Waals surface area contributed by atoms with E-state index in [1.807, 2.05) is 6.26 Å². The van der Waals surface area contributed by atoms with Crippen molar-refractivity contribution >= 4 is 0 Å². The second-order valence-corrected chi connectivity index (χ2v) is 5.17. The molecule has 90 valence electrons. The summed E-state index contributed by atoms with van der Waals surface area (Å²) in [6.45, 7) is 4.60. The van der Waals surface area contributed by atoms with Gasteiger partial charge in [0.2, 0.25) is 0 Å². The van der Waals surface area contributed by atoms with E-state index in [1.54, 1.807) is 6.26 Å². The predicted octanol–water partition coefficient (Wildman–Crippen LogP) is 3.90. The molecule has 2 nitrogen and oxygen atoms in total. The Bertz CT molecular complexity index is 294. The van der Waals surface area contributed by atoms with E-state index in [4.69, 9.17) is 4.42 Å². The Morgan fingerprint density at radius 1 is 1.31 bits per heavy atom. The molecular weight excluding hydrogens is 198 g/mol. The first-order valence-electron chi connectivity index (χ1n) is 6.55. The molecule has 1 aromatic heterocycles. The maximum atomic E-state index is 5.14. The van der Waals surface area contributed by atoms with E-state index in [0.717, 1.165) is 5.92 Å². The summed E-state index contributed by atoms with van der Waals surface area (Å²) in [4.78, 5) is 0. The third kappa shape index (κ3) is 2.88. The van der Waals surface area contributed by atoms with Crippen LogP contribution in [0.5, 0.6) is 0 Å². The number of nitrogens with one attached hydrogen (secondary N) is 1. The van der Waals surface area contributed by atoms with Gasteiger partial charge in [-0.15, -0.1) is 0 Å². The van der Waals surface area contributed by atoms with Crippen molar-refractivity contribution in [1.29, 1.82) is 0 Å². The van der Waals surface area contributed by atoms with Crippen LogP contribution in [0.15, 0.2) is 23.0 Å². The van der Waals surface area contributed by atoms with E-state index in [-0.39, 0.29) is 0 Å². The fourth-order valence-electron chi connectivity index (χ4n) is 2.68. The van der Waals surface area contributed by atoms with Crippen molar-refractivity contribution in [1.82, 2.24) is 5.32 Å². The Labute approximate surface area is 98.4 Å². The third-order valence-corrected chi connectivity index (χ3v) is 3.87. The monoisotopic (exact) mass is 221 g/mol. The molecule has 1 aromatic rings. The van der Waals surface area contributed by atoms with Crippen molar-refractivity contribution in [3.8, 4) is 0 Å². The van der Waals surface area contributed by atoms with Crippen molar-refractivity contribution in [3.05, 3.63) is 24.2 Å². The van der Waals surface area contributed by atoms with Gasteiger partial charge in [0.15, 0.2) is 0 Å². The summed E-state index contributed by atoms with van der Waals surface area (Å²) in [6, 6.07) is 3.13. The van der Waals surface area contributed by atoms with Crippen molar-refractivity contribution < 1.29 is 4.42 Å². The first kappa shape index (κ1) is 11.7. The lowest BCUT2D eigenvalue weighted by atomic mass is 9.95. The van der Waals surface area contributed by atoms with Crippen LogP contribution in [0.1, 0.15) is 57.6 Å². The van der Waals surface area contributed by atoms with Gasteiger partial charge in [-0.05, 0) is 31.7 Å². The molecular formula is C14H23NO. The van der Waals surface area contributed by atoms with E-state index in [1.165, 1.54) is 37.7 Å². The Balaban J connectivity index is 1.92. The molecule has 0 saturated heterocycles. The minimum atomic E-state index is 0.407. The Morgan fingerprint density at radius 2 is 2.12 bits per heavy atom. The molecule has 0 aromatic carbocycles. The van der Waals surface area contributed by atoms with Gasteiger partial charge in [0.05, 0.1) is 12.5 Å². The van der Waals surface area contributed by atoms with E-state index in [2.05, 4.69) is 25.2 Å². The predicted molar refractivity (Wildman–Crippen MR) is 66.3 cm³/mol. The molecule has 0 amide bonds. The van der Waals surface area contributed by atoms with Crippen LogP contribution in [0.4, 0.5) is 0 Å². The summed E-state index contributed by atoms with van der Waals surface area (Å²) in [7, 11) is 0. The highest BCUT2D eigenvalue weighted by Crippen LogP contribution is 2.25. The molecule has 0 aliphatic heterocycles. The van der Waals surface area contributed by atoms with Crippen LogP contribution in [0.2, 0.25) is 0 Å². The SMILES string of the molecule is CC(NC1CCCCCC1C)c1ccoc1. The van der Waals surface area contributed by atoms with Gasteiger partial charge in [-0.2, -0.15) is 0 Å². The average molecular weight is 221 g/mol. The van der Waals surface area contributed by atoms with Gasteiger partial charge >= 0.3 is 0 Å². The summed E-state index contributed by atoms with van der Waals surface area (Å²) in [5.41, 5.74) is 1.26. The molecule has 1 heterocycles. The first-order chi connectivity index (χ1) is 7.77. The lowest BCUT2D eigenvalue weighted by Crippen LogP contribution is -2.36. The fraction of sp³-hybridized carbons (Fsp3) is 0.714. The van der Waals surface area contributed by atoms with Crippen LogP contribution >= 0.6 is 0 Å². The summed E-state index contributed by atoms with van der Waals surface area (Å²) < 4.78 is 5.14. The molecule has 3 unspecified atom stereocenters. The lowest BCUT2D eigenvalue weighted by molar-refractivity contribution is 0.329. The third-order valence-electron chi connectivity index (χ3n) is 3.87. The average Bonchev–Trinajstić information content (AvgIpc) is 2.73. The zero-order valence-electron chi connectivity index (χ0n) is 10.4. The molecule has 3 atom stereocenters. The molecule has 0 radical (unpaired) electrons. The van der Waals surface area contributed by atoms with Gasteiger partial charge in [0.25, 0.3) is 0 Å². The highest BCUT2D eigenvalue weighted by molar-refractivity contribution is 5.10. The van der Waals surface area contributed by atoms with Gasteiger partial charge in [-0.3, -0.25) is 0 Å². The zero-order chi connectivity index (χ0) is 11.4. The van der Waals surface area contributed by atoms with E-state index >= 15 is 0 Å². The standard InChI is InChI=1S/C14H23NO/c1-11-6-4-3-5-7-14(11)15-12(2)13-8-9-16-10-13/h8-12,14-15H,3-7H2,1-2H3. The number of furan rings is 1. The zero-order valence-corrected chi connectivity index (χ0v) is 10.4. The summed E-state index contributed by atoms with van der Waals surface area (Å²) in [5.74, 6) is 0.803. The van der Waals surface area contributed by atoms with Crippen molar-refractivity contribution in [2.24, 2.45) is 5.92 Å².